The number of hydrogen-bond acceptors (Lipinski definition) is 4. The minimum absolute atomic E-state index is 0.106. The second-order valence-electron chi connectivity index (χ2n) is 5.14. The van der Waals surface area contributed by atoms with E-state index in [0.717, 1.165) is 42.9 Å². The van der Waals surface area contributed by atoms with Gasteiger partial charge in [0.1, 0.15) is 11.3 Å². The number of aromatic nitrogens is 2. The van der Waals surface area contributed by atoms with Crippen LogP contribution in [0.25, 0.3) is 0 Å². The van der Waals surface area contributed by atoms with E-state index >= 15 is 0 Å². The Morgan fingerprint density at radius 3 is 3.00 bits per heavy atom. The quantitative estimate of drug-likeness (QED) is 0.836. The van der Waals surface area contributed by atoms with Crippen LogP contribution in [0.3, 0.4) is 0 Å². The van der Waals surface area contributed by atoms with Gasteiger partial charge in [0.25, 0.3) is 0 Å². The van der Waals surface area contributed by atoms with E-state index in [-0.39, 0.29) is 11.6 Å². The first kappa shape index (κ1) is 10.8. The number of oxime groups is 1. The van der Waals surface area contributed by atoms with Crippen LogP contribution in [0.1, 0.15) is 37.6 Å². The maximum absolute atomic E-state index is 5.83. The summed E-state index contributed by atoms with van der Waals surface area (Å²) in [6.45, 7) is 4.94. The van der Waals surface area contributed by atoms with Crippen molar-refractivity contribution in [3.05, 3.63) is 17.5 Å². The van der Waals surface area contributed by atoms with E-state index in [4.69, 9.17) is 10.6 Å². The number of rotatable bonds is 2. The van der Waals surface area contributed by atoms with Crippen molar-refractivity contribution in [2.45, 2.75) is 51.3 Å². The molecule has 0 saturated heterocycles. The molecule has 2 aliphatic rings. The molecule has 0 radical (unpaired) electrons. The average Bonchev–Trinajstić information content (AvgIpc) is 2.81. The van der Waals surface area contributed by atoms with E-state index < -0.39 is 0 Å². The zero-order valence-electron chi connectivity index (χ0n) is 10.3. The van der Waals surface area contributed by atoms with Gasteiger partial charge < -0.3 is 10.6 Å². The molecule has 2 heterocycles. The van der Waals surface area contributed by atoms with E-state index in [9.17, 15) is 0 Å². The number of aryl methyl sites for hydroxylation is 2. The van der Waals surface area contributed by atoms with Gasteiger partial charge >= 0.3 is 0 Å². The van der Waals surface area contributed by atoms with Gasteiger partial charge in [0.15, 0.2) is 0 Å². The molecule has 1 saturated carbocycles. The Bertz CT molecular complexity index is 471. The van der Waals surface area contributed by atoms with Crippen molar-refractivity contribution in [3.63, 3.8) is 0 Å². The van der Waals surface area contributed by atoms with Gasteiger partial charge in [-0.1, -0.05) is 5.16 Å². The lowest BCUT2D eigenvalue weighted by atomic mass is 9.73. The number of nitrogens with two attached hydrogens (primary N) is 1. The molecule has 0 amide bonds. The number of nitrogens with zero attached hydrogens (tertiary/aromatic N) is 3. The Balaban J connectivity index is 1.82. The first-order chi connectivity index (χ1) is 8.12. The first-order valence-electron chi connectivity index (χ1n) is 6.17. The summed E-state index contributed by atoms with van der Waals surface area (Å²) in [6.07, 6.45) is 2.70. The fourth-order valence-corrected chi connectivity index (χ4v) is 2.79. The molecular formula is C12H18N4O. The summed E-state index contributed by atoms with van der Waals surface area (Å²) in [4.78, 5) is 5.59. The lowest BCUT2D eigenvalue weighted by Gasteiger charge is -2.40. The van der Waals surface area contributed by atoms with Gasteiger partial charge in [-0.05, 0) is 19.9 Å². The van der Waals surface area contributed by atoms with Crippen LogP contribution in [0.4, 0.5) is 0 Å². The van der Waals surface area contributed by atoms with Crippen LogP contribution in [0.15, 0.2) is 11.2 Å². The molecule has 0 atom stereocenters. The Kier molecular flexibility index (Phi) is 2.26. The SMILES string of the molecule is CCn1nc(C)cc1C1=NOC2(C1)CC(N)C2. The first-order valence-corrected chi connectivity index (χ1v) is 6.17. The molecule has 3 rings (SSSR count). The van der Waals surface area contributed by atoms with Crippen LogP contribution in [0.2, 0.25) is 0 Å². The third-order valence-electron chi connectivity index (χ3n) is 3.60. The highest BCUT2D eigenvalue weighted by Gasteiger charge is 2.49. The van der Waals surface area contributed by atoms with Gasteiger partial charge in [0.05, 0.1) is 11.4 Å². The molecule has 17 heavy (non-hydrogen) atoms. The van der Waals surface area contributed by atoms with Crippen molar-refractivity contribution in [2.24, 2.45) is 10.9 Å². The summed E-state index contributed by atoms with van der Waals surface area (Å²) in [5, 5.41) is 8.67. The monoisotopic (exact) mass is 234 g/mol. The van der Waals surface area contributed by atoms with Crippen molar-refractivity contribution in [1.82, 2.24) is 9.78 Å². The van der Waals surface area contributed by atoms with Crippen molar-refractivity contribution in [1.29, 1.82) is 0 Å². The lowest BCUT2D eigenvalue weighted by molar-refractivity contribution is -0.0856. The van der Waals surface area contributed by atoms with E-state index in [2.05, 4.69) is 23.2 Å². The zero-order valence-corrected chi connectivity index (χ0v) is 10.3. The fraction of sp³-hybridized carbons (Fsp3) is 0.667. The minimum atomic E-state index is -0.106. The molecule has 1 aromatic heterocycles. The average molecular weight is 234 g/mol. The van der Waals surface area contributed by atoms with Crippen LogP contribution >= 0.6 is 0 Å². The highest BCUT2D eigenvalue weighted by molar-refractivity contribution is 6.00. The van der Waals surface area contributed by atoms with Crippen LogP contribution in [0.5, 0.6) is 0 Å². The largest absolute Gasteiger partial charge is 0.388 e. The second kappa shape index (κ2) is 3.57. The molecule has 0 bridgehead atoms. The third-order valence-corrected chi connectivity index (χ3v) is 3.60. The summed E-state index contributed by atoms with van der Waals surface area (Å²) in [7, 11) is 0. The Hall–Kier alpha value is -1.36. The van der Waals surface area contributed by atoms with Gasteiger partial charge in [-0.25, -0.2) is 0 Å². The van der Waals surface area contributed by atoms with Crippen LogP contribution in [0, 0.1) is 6.92 Å². The van der Waals surface area contributed by atoms with Crippen molar-refractivity contribution < 1.29 is 4.84 Å². The lowest BCUT2D eigenvalue weighted by Crippen LogP contribution is -2.51. The molecule has 0 aromatic carbocycles. The Labute approximate surface area is 101 Å². The van der Waals surface area contributed by atoms with Crippen LogP contribution in [-0.2, 0) is 11.4 Å². The highest BCUT2D eigenvalue weighted by Crippen LogP contribution is 2.42. The van der Waals surface area contributed by atoms with Gasteiger partial charge in [-0.2, -0.15) is 5.10 Å². The maximum Gasteiger partial charge on any atom is 0.146 e. The standard InChI is InChI=1S/C12H18N4O/c1-3-16-11(4-8(2)14-16)10-7-12(17-15-10)5-9(13)6-12/h4,9H,3,5-7,13H2,1-2H3. The summed E-state index contributed by atoms with van der Waals surface area (Å²) < 4.78 is 1.98. The number of hydrogen-bond donors (Lipinski definition) is 1. The third kappa shape index (κ3) is 1.65. The van der Waals surface area contributed by atoms with Gasteiger partial charge in [-0.3, -0.25) is 4.68 Å². The van der Waals surface area contributed by atoms with Crippen molar-refractivity contribution in [2.75, 3.05) is 0 Å². The Morgan fingerprint density at radius 2 is 2.35 bits per heavy atom. The summed E-state index contributed by atoms with van der Waals surface area (Å²) in [6, 6.07) is 2.35. The molecule has 92 valence electrons. The smallest absolute Gasteiger partial charge is 0.146 e. The van der Waals surface area contributed by atoms with Gasteiger partial charge in [0.2, 0.25) is 0 Å². The minimum Gasteiger partial charge on any atom is -0.388 e. The van der Waals surface area contributed by atoms with E-state index in [1.807, 2.05) is 11.6 Å². The molecule has 2 N–H and O–H groups in total. The predicted molar refractivity (Wildman–Crippen MR) is 64.8 cm³/mol. The van der Waals surface area contributed by atoms with E-state index in [1.54, 1.807) is 0 Å². The maximum atomic E-state index is 5.83. The summed E-state index contributed by atoms with van der Waals surface area (Å²) in [5.41, 5.74) is 8.85. The molecule has 1 aliphatic carbocycles. The van der Waals surface area contributed by atoms with Gasteiger partial charge in [0, 0.05) is 31.8 Å². The van der Waals surface area contributed by atoms with Crippen LogP contribution in [-0.4, -0.2) is 27.1 Å². The molecule has 1 fully saturated rings. The Morgan fingerprint density at radius 1 is 1.59 bits per heavy atom. The van der Waals surface area contributed by atoms with E-state index in [1.165, 1.54) is 0 Å². The highest BCUT2D eigenvalue weighted by atomic mass is 16.7. The normalized spacial score (nSPS) is 31.2. The predicted octanol–water partition coefficient (Wildman–Crippen LogP) is 1.20. The molecule has 1 aromatic rings. The fourth-order valence-electron chi connectivity index (χ4n) is 2.79. The van der Waals surface area contributed by atoms with E-state index in [0.29, 0.717) is 0 Å². The van der Waals surface area contributed by atoms with Crippen molar-refractivity contribution in [3.8, 4) is 0 Å². The van der Waals surface area contributed by atoms with Gasteiger partial charge in [-0.15, -0.1) is 0 Å². The summed E-state index contributed by atoms with van der Waals surface area (Å²) >= 11 is 0. The molecule has 1 spiro atoms. The molecule has 0 unspecified atom stereocenters. The zero-order chi connectivity index (χ0) is 12.0. The molecule has 5 nitrogen and oxygen atoms in total. The summed E-state index contributed by atoms with van der Waals surface area (Å²) in [5.74, 6) is 0. The van der Waals surface area contributed by atoms with Crippen LogP contribution < -0.4 is 5.73 Å². The molecule has 5 heteroatoms. The topological polar surface area (TPSA) is 65.4 Å². The molecular weight excluding hydrogens is 216 g/mol. The second-order valence-corrected chi connectivity index (χ2v) is 5.14. The molecule has 1 aliphatic heterocycles. The van der Waals surface area contributed by atoms with Crippen molar-refractivity contribution >= 4 is 5.71 Å².